The van der Waals surface area contributed by atoms with Crippen LogP contribution >= 0.6 is 11.8 Å². The van der Waals surface area contributed by atoms with Gasteiger partial charge in [-0.2, -0.15) is 11.8 Å². The van der Waals surface area contributed by atoms with Crippen molar-refractivity contribution < 1.29 is 0 Å². The molecule has 0 saturated carbocycles. The summed E-state index contributed by atoms with van der Waals surface area (Å²) in [5.41, 5.74) is 6.17. The van der Waals surface area contributed by atoms with Crippen LogP contribution in [0.2, 0.25) is 0 Å². The maximum Gasteiger partial charge on any atom is 0.0199 e. The molecule has 0 aromatic heterocycles. The lowest BCUT2D eigenvalue weighted by molar-refractivity contribution is 0.506. The Labute approximate surface area is 86.8 Å². The van der Waals surface area contributed by atoms with Gasteiger partial charge in [0.05, 0.1) is 0 Å². The molecule has 0 radical (unpaired) electrons. The molecular weight excluding hydrogens is 178 g/mol. The summed E-state index contributed by atoms with van der Waals surface area (Å²) in [6.07, 6.45) is 9.40. The van der Waals surface area contributed by atoms with Gasteiger partial charge in [-0.3, -0.25) is 0 Å². The molecule has 1 nitrogen and oxygen atoms in total. The summed E-state index contributed by atoms with van der Waals surface area (Å²) in [5, 5.41) is 0.769. The number of rotatable bonds is 5. The summed E-state index contributed by atoms with van der Waals surface area (Å²) in [6, 6.07) is 0.469. The third kappa shape index (κ3) is 4.37. The zero-order valence-electron chi connectivity index (χ0n) is 8.80. The monoisotopic (exact) mass is 201 g/mol. The maximum absolute atomic E-state index is 6.17. The Bertz CT molecular complexity index is 121. The van der Waals surface area contributed by atoms with Crippen LogP contribution in [0.1, 0.15) is 51.9 Å². The van der Waals surface area contributed by atoms with Crippen LogP contribution in [0.5, 0.6) is 0 Å². The van der Waals surface area contributed by atoms with Crippen LogP contribution in [-0.2, 0) is 0 Å². The summed E-state index contributed by atoms with van der Waals surface area (Å²) in [5.74, 6) is 1.34. The molecule has 0 amide bonds. The van der Waals surface area contributed by atoms with E-state index in [1.807, 2.05) is 0 Å². The van der Waals surface area contributed by atoms with E-state index in [9.17, 15) is 0 Å². The second kappa shape index (κ2) is 6.72. The fourth-order valence-corrected chi connectivity index (χ4v) is 3.31. The summed E-state index contributed by atoms with van der Waals surface area (Å²) in [7, 11) is 0. The van der Waals surface area contributed by atoms with E-state index >= 15 is 0 Å². The van der Waals surface area contributed by atoms with E-state index in [4.69, 9.17) is 5.73 Å². The van der Waals surface area contributed by atoms with E-state index in [0.717, 1.165) is 5.25 Å². The molecule has 1 heterocycles. The Hall–Kier alpha value is 0.310. The standard InChI is InChI=1S/C11H23NS/c1-2-3-4-7-10(12)11-8-5-6-9-13-11/h10-11H,2-9,12H2,1H3. The zero-order chi connectivity index (χ0) is 9.52. The Kier molecular flexibility index (Phi) is 5.88. The molecule has 2 N–H and O–H groups in total. The van der Waals surface area contributed by atoms with E-state index in [-0.39, 0.29) is 0 Å². The van der Waals surface area contributed by atoms with Gasteiger partial charge in [-0.15, -0.1) is 0 Å². The molecule has 0 aromatic carbocycles. The van der Waals surface area contributed by atoms with Crippen molar-refractivity contribution in [3.05, 3.63) is 0 Å². The first kappa shape index (κ1) is 11.4. The quantitative estimate of drug-likeness (QED) is 0.691. The Morgan fingerprint density at radius 3 is 2.85 bits per heavy atom. The van der Waals surface area contributed by atoms with E-state index in [0.29, 0.717) is 6.04 Å². The highest BCUT2D eigenvalue weighted by molar-refractivity contribution is 8.00. The summed E-state index contributed by atoms with van der Waals surface area (Å²) < 4.78 is 0. The van der Waals surface area contributed by atoms with Gasteiger partial charge < -0.3 is 5.73 Å². The maximum atomic E-state index is 6.17. The van der Waals surface area contributed by atoms with Crippen LogP contribution < -0.4 is 5.73 Å². The molecule has 78 valence electrons. The highest BCUT2D eigenvalue weighted by Crippen LogP contribution is 2.28. The predicted molar refractivity (Wildman–Crippen MR) is 62.2 cm³/mol. The zero-order valence-corrected chi connectivity index (χ0v) is 9.61. The largest absolute Gasteiger partial charge is 0.327 e. The Morgan fingerprint density at radius 2 is 2.23 bits per heavy atom. The van der Waals surface area contributed by atoms with Crippen molar-refractivity contribution in [3.8, 4) is 0 Å². The molecule has 1 aliphatic heterocycles. The van der Waals surface area contributed by atoms with Gasteiger partial charge in [0.1, 0.15) is 0 Å². The van der Waals surface area contributed by atoms with Gasteiger partial charge in [-0.25, -0.2) is 0 Å². The fourth-order valence-electron chi connectivity index (χ4n) is 1.92. The summed E-state index contributed by atoms with van der Waals surface area (Å²) in [4.78, 5) is 0. The second-order valence-electron chi connectivity index (χ2n) is 4.06. The Balaban J connectivity index is 2.09. The SMILES string of the molecule is CCCCCC(N)C1CCCCS1. The van der Waals surface area contributed by atoms with Gasteiger partial charge in [-0.1, -0.05) is 32.6 Å². The van der Waals surface area contributed by atoms with E-state index in [1.165, 1.54) is 50.7 Å². The molecule has 1 aliphatic rings. The summed E-state index contributed by atoms with van der Waals surface area (Å²) in [6.45, 7) is 2.25. The van der Waals surface area contributed by atoms with E-state index in [2.05, 4.69) is 18.7 Å². The van der Waals surface area contributed by atoms with Gasteiger partial charge in [0, 0.05) is 11.3 Å². The van der Waals surface area contributed by atoms with Crippen molar-refractivity contribution in [2.75, 3.05) is 5.75 Å². The lowest BCUT2D eigenvalue weighted by Crippen LogP contribution is -2.34. The van der Waals surface area contributed by atoms with Crippen LogP contribution in [0, 0.1) is 0 Å². The van der Waals surface area contributed by atoms with Gasteiger partial charge in [-0.05, 0) is 25.0 Å². The van der Waals surface area contributed by atoms with Crippen LogP contribution in [0.4, 0.5) is 0 Å². The third-order valence-corrected chi connectivity index (χ3v) is 4.37. The topological polar surface area (TPSA) is 26.0 Å². The first-order chi connectivity index (χ1) is 6.34. The van der Waals surface area contributed by atoms with Crippen molar-refractivity contribution in [2.45, 2.75) is 63.2 Å². The van der Waals surface area contributed by atoms with Crippen molar-refractivity contribution >= 4 is 11.8 Å². The van der Waals surface area contributed by atoms with E-state index < -0.39 is 0 Å². The molecule has 2 unspecified atom stereocenters. The van der Waals surface area contributed by atoms with Crippen LogP contribution in [-0.4, -0.2) is 17.0 Å². The van der Waals surface area contributed by atoms with Crippen molar-refractivity contribution in [1.82, 2.24) is 0 Å². The van der Waals surface area contributed by atoms with Gasteiger partial charge in [0.15, 0.2) is 0 Å². The number of thioether (sulfide) groups is 1. The number of hydrogen-bond donors (Lipinski definition) is 1. The van der Waals surface area contributed by atoms with E-state index in [1.54, 1.807) is 0 Å². The number of nitrogens with two attached hydrogens (primary N) is 1. The molecule has 1 rings (SSSR count). The molecular formula is C11H23NS. The fraction of sp³-hybridized carbons (Fsp3) is 1.00. The average Bonchev–Trinajstić information content (AvgIpc) is 2.19. The van der Waals surface area contributed by atoms with Crippen molar-refractivity contribution in [3.63, 3.8) is 0 Å². The first-order valence-electron chi connectivity index (χ1n) is 5.71. The third-order valence-electron chi connectivity index (χ3n) is 2.83. The molecule has 0 aromatic rings. The molecule has 2 heteroatoms. The minimum Gasteiger partial charge on any atom is -0.327 e. The van der Waals surface area contributed by atoms with Crippen molar-refractivity contribution in [1.29, 1.82) is 0 Å². The second-order valence-corrected chi connectivity index (χ2v) is 5.41. The molecule has 2 atom stereocenters. The van der Waals surface area contributed by atoms with Crippen molar-refractivity contribution in [2.24, 2.45) is 5.73 Å². The average molecular weight is 201 g/mol. The lowest BCUT2D eigenvalue weighted by atomic mass is 10.0. The van der Waals surface area contributed by atoms with Gasteiger partial charge >= 0.3 is 0 Å². The number of unbranched alkanes of at least 4 members (excludes halogenated alkanes) is 2. The molecule has 0 aliphatic carbocycles. The van der Waals surface area contributed by atoms with Gasteiger partial charge in [0.25, 0.3) is 0 Å². The molecule has 1 saturated heterocycles. The van der Waals surface area contributed by atoms with Gasteiger partial charge in [0.2, 0.25) is 0 Å². The Morgan fingerprint density at radius 1 is 1.38 bits per heavy atom. The molecule has 13 heavy (non-hydrogen) atoms. The predicted octanol–water partition coefficient (Wildman–Crippen LogP) is 3.18. The normalized spacial score (nSPS) is 25.8. The van der Waals surface area contributed by atoms with Crippen LogP contribution in [0.3, 0.4) is 0 Å². The minimum absolute atomic E-state index is 0.469. The molecule has 0 bridgehead atoms. The van der Waals surface area contributed by atoms with Crippen LogP contribution in [0.25, 0.3) is 0 Å². The first-order valence-corrected chi connectivity index (χ1v) is 6.76. The van der Waals surface area contributed by atoms with Crippen LogP contribution in [0.15, 0.2) is 0 Å². The number of hydrogen-bond acceptors (Lipinski definition) is 2. The molecule has 1 fully saturated rings. The summed E-state index contributed by atoms with van der Waals surface area (Å²) >= 11 is 2.10. The lowest BCUT2D eigenvalue weighted by Gasteiger charge is -2.26. The minimum atomic E-state index is 0.469. The highest BCUT2D eigenvalue weighted by atomic mass is 32.2. The smallest absolute Gasteiger partial charge is 0.0199 e. The highest BCUT2D eigenvalue weighted by Gasteiger charge is 2.20. The molecule has 0 spiro atoms.